The van der Waals surface area contributed by atoms with Crippen molar-refractivity contribution >= 4 is 22.6 Å². The number of aromatic nitrogens is 3. The summed E-state index contributed by atoms with van der Waals surface area (Å²) in [5.41, 5.74) is 3.17. The van der Waals surface area contributed by atoms with Crippen molar-refractivity contribution < 1.29 is 14.3 Å². The van der Waals surface area contributed by atoms with Crippen LogP contribution in [0.5, 0.6) is 0 Å². The van der Waals surface area contributed by atoms with Gasteiger partial charge in [0, 0.05) is 51.3 Å². The molecule has 1 atom stereocenters. The number of fused-ring (bicyclic) bond motifs is 1. The summed E-state index contributed by atoms with van der Waals surface area (Å²) in [4.78, 5) is 20.6. The highest BCUT2D eigenvalue weighted by Gasteiger charge is 2.38. The summed E-state index contributed by atoms with van der Waals surface area (Å²) in [6.07, 6.45) is 4.57. The van der Waals surface area contributed by atoms with Crippen LogP contribution >= 0.6 is 0 Å². The molecule has 27 heavy (non-hydrogen) atoms. The number of aryl methyl sites for hydroxylation is 1. The lowest BCUT2D eigenvalue weighted by Crippen LogP contribution is -2.30. The fraction of sp³-hybridized carbons (Fsp3) is 0.350. The van der Waals surface area contributed by atoms with Gasteiger partial charge < -0.3 is 19.4 Å². The van der Waals surface area contributed by atoms with Crippen LogP contribution in [0.2, 0.25) is 0 Å². The van der Waals surface area contributed by atoms with E-state index in [1.807, 2.05) is 42.1 Å². The molecule has 3 aromatic heterocycles. The molecular weight excluding hydrogens is 344 g/mol. The second kappa shape index (κ2) is 6.75. The topological polar surface area (TPSA) is 78.3 Å². The summed E-state index contributed by atoms with van der Waals surface area (Å²) < 4.78 is 13.4. The Hall–Kier alpha value is -2.77. The highest BCUT2D eigenvalue weighted by molar-refractivity contribution is 5.98. The molecular formula is C20H22N4O3. The van der Waals surface area contributed by atoms with Gasteiger partial charge in [-0.1, -0.05) is 6.07 Å². The third kappa shape index (κ3) is 3.09. The molecule has 0 aromatic carbocycles. The molecule has 1 aliphatic rings. The summed E-state index contributed by atoms with van der Waals surface area (Å²) in [5, 5.41) is 3.72. The normalized spacial score (nSPS) is 19.5. The van der Waals surface area contributed by atoms with Crippen LogP contribution in [0.3, 0.4) is 0 Å². The van der Waals surface area contributed by atoms with E-state index in [9.17, 15) is 4.79 Å². The van der Waals surface area contributed by atoms with E-state index in [1.54, 1.807) is 13.3 Å². The van der Waals surface area contributed by atoms with Crippen LogP contribution in [-0.2, 0) is 26.9 Å². The van der Waals surface area contributed by atoms with E-state index < -0.39 is 5.60 Å². The largest absolute Gasteiger partial charge is 0.378 e. The van der Waals surface area contributed by atoms with Gasteiger partial charge in [-0.2, -0.15) is 0 Å². The molecule has 1 aliphatic heterocycles. The molecule has 1 fully saturated rings. The minimum atomic E-state index is -0.497. The SMILES string of the molecule is CO[C@]1(c2cccc(-c3cn(C)c4cnc(NC(C)=O)cc34)n2)CCOC1. The van der Waals surface area contributed by atoms with Crippen LogP contribution in [-0.4, -0.2) is 40.8 Å². The Morgan fingerprint density at radius 3 is 2.96 bits per heavy atom. The molecule has 0 spiro atoms. The van der Waals surface area contributed by atoms with Crippen LogP contribution in [0.1, 0.15) is 19.0 Å². The van der Waals surface area contributed by atoms with Crippen LogP contribution < -0.4 is 5.32 Å². The number of nitrogens with one attached hydrogen (secondary N) is 1. The molecule has 0 saturated carbocycles. The molecule has 1 N–H and O–H groups in total. The van der Waals surface area contributed by atoms with Gasteiger partial charge >= 0.3 is 0 Å². The van der Waals surface area contributed by atoms with Crippen molar-refractivity contribution in [1.82, 2.24) is 14.5 Å². The number of ether oxygens (including phenoxy) is 2. The third-order valence-electron chi connectivity index (χ3n) is 5.05. The second-order valence-corrected chi connectivity index (χ2v) is 6.83. The zero-order valence-electron chi connectivity index (χ0n) is 15.7. The van der Waals surface area contributed by atoms with E-state index in [2.05, 4.69) is 10.3 Å². The predicted octanol–water partition coefficient (Wildman–Crippen LogP) is 2.86. The maximum atomic E-state index is 11.4. The van der Waals surface area contributed by atoms with Gasteiger partial charge in [0.2, 0.25) is 5.91 Å². The zero-order valence-corrected chi connectivity index (χ0v) is 15.7. The molecule has 7 nitrogen and oxygen atoms in total. The first-order valence-corrected chi connectivity index (χ1v) is 8.86. The van der Waals surface area contributed by atoms with Crippen molar-refractivity contribution in [1.29, 1.82) is 0 Å². The van der Waals surface area contributed by atoms with Crippen molar-refractivity contribution in [3.63, 3.8) is 0 Å². The van der Waals surface area contributed by atoms with Gasteiger partial charge in [0.15, 0.2) is 0 Å². The van der Waals surface area contributed by atoms with Crippen molar-refractivity contribution in [2.45, 2.75) is 18.9 Å². The lowest BCUT2D eigenvalue weighted by molar-refractivity contribution is -0.114. The van der Waals surface area contributed by atoms with Crippen LogP contribution in [0.25, 0.3) is 22.2 Å². The molecule has 1 saturated heterocycles. The molecule has 0 bridgehead atoms. The fourth-order valence-corrected chi connectivity index (χ4v) is 3.58. The number of methoxy groups -OCH3 is 1. The monoisotopic (exact) mass is 366 g/mol. The first-order chi connectivity index (χ1) is 13.0. The molecule has 0 radical (unpaired) electrons. The van der Waals surface area contributed by atoms with E-state index in [-0.39, 0.29) is 5.91 Å². The lowest BCUT2D eigenvalue weighted by atomic mass is 9.97. The molecule has 1 amide bonds. The maximum Gasteiger partial charge on any atom is 0.222 e. The molecule has 4 heterocycles. The molecule has 3 aromatic rings. The smallest absolute Gasteiger partial charge is 0.222 e. The number of amides is 1. The molecule has 4 rings (SSSR count). The molecule has 140 valence electrons. The van der Waals surface area contributed by atoms with E-state index in [0.717, 1.165) is 34.3 Å². The Morgan fingerprint density at radius 1 is 1.41 bits per heavy atom. The number of pyridine rings is 2. The Bertz CT molecular complexity index is 1010. The molecule has 0 unspecified atom stereocenters. The number of carbonyl (C=O) groups is 1. The summed E-state index contributed by atoms with van der Waals surface area (Å²) >= 11 is 0. The predicted molar refractivity (Wildman–Crippen MR) is 102 cm³/mol. The van der Waals surface area contributed by atoms with E-state index in [1.165, 1.54) is 6.92 Å². The highest BCUT2D eigenvalue weighted by Crippen LogP contribution is 2.35. The fourth-order valence-electron chi connectivity index (χ4n) is 3.58. The number of hydrogen-bond acceptors (Lipinski definition) is 5. The Kier molecular flexibility index (Phi) is 4.41. The van der Waals surface area contributed by atoms with Gasteiger partial charge in [0.05, 0.1) is 29.7 Å². The van der Waals surface area contributed by atoms with Crippen molar-refractivity contribution in [3.8, 4) is 11.3 Å². The second-order valence-electron chi connectivity index (χ2n) is 6.83. The summed E-state index contributed by atoms with van der Waals surface area (Å²) in [6.45, 7) is 2.64. The third-order valence-corrected chi connectivity index (χ3v) is 5.05. The average Bonchev–Trinajstić information content (AvgIpc) is 3.27. The van der Waals surface area contributed by atoms with Gasteiger partial charge in [0.25, 0.3) is 0 Å². The number of carbonyl (C=O) groups excluding carboxylic acids is 1. The lowest BCUT2D eigenvalue weighted by Gasteiger charge is -2.25. The quantitative estimate of drug-likeness (QED) is 0.768. The van der Waals surface area contributed by atoms with Crippen LogP contribution in [0.15, 0.2) is 36.7 Å². The van der Waals surface area contributed by atoms with Crippen molar-refractivity contribution in [2.75, 3.05) is 25.6 Å². The maximum absolute atomic E-state index is 11.4. The zero-order chi connectivity index (χ0) is 19.0. The van der Waals surface area contributed by atoms with E-state index in [4.69, 9.17) is 14.5 Å². The first-order valence-electron chi connectivity index (χ1n) is 8.86. The Labute approximate surface area is 157 Å². The average molecular weight is 366 g/mol. The standard InChI is InChI=1S/C20H22N4O3/c1-13(25)22-19-9-14-15(11-24(2)17(14)10-21-19)16-5-4-6-18(23-16)20(26-3)7-8-27-12-20/h4-6,9-11H,7-8,12H2,1-3H3,(H,21,22,25)/t20-/m1/s1. The number of anilines is 1. The van der Waals surface area contributed by atoms with Gasteiger partial charge in [0.1, 0.15) is 11.4 Å². The van der Waals surface area contributed by atoms with Crippen LogP contribution in [0, 0.1) is 0 Å². The van der Waals surface area contributed by atoms with Crippen molar-refractivity contribution in [3.05, 3.63) is 42.4 Å². The minimum Gasteiger partial charge on any atom is -0.378 e. The Balaban J connectivity index is 1.82. The van der Waals surface area contributed by atoms with Crippen molar-refractivity contribution in [2.24, 2.45) is 7.05 Å². The highest BCUT2D eigenvalue weighted by atomic mass is 16.5. The summed E-state index contributed by atoms with van der Waals surface area (Å²) in [7, 11) is 3.67. The number of hydrogen-bond donors (Lipinski definition) is 1. The van der Waals surface area contributed by atoms with E-state index >= 15 is 0 Å². The summed E-state index contributed by atoms with van der Waals surface area (Å²) in [5.74, 6) is 0.374. The van der Waals surface area contributed by atoms with Gasteiger partial charge in [-0.3, -0.25) is 4.79 Å². The van der Waals surface area contributed by atoms with Gasteiger partial charge in [-0.15, -0.1) is 0 Å². The number of nitrogens with zero attached hydrogens (tertiary/aromatic N) is 3. The number of rotatable bonds is 4. The Morgan fingerprint density at radius 2 is 2.26 bits per heavy atom. The van der Waals surface area contributed by atoms with E-state index in [0.29, 0.717) is 19.0 Å². The minimum absolute atomic E-state index is 0.150. The first kappa shape index (κ1) is 17.6. The molecule has 0 aliphatic carbocycles. The molecule has 7 heteroatoms. The summed E-state index contributed by atoms with van der Waals surface area (Å²) in [6, 6.07) is 7.84. The van der Waals surface area contributed by atoms with Crippen LogP contribution in [0.4, 0.5) is 5.82 Å². The van der Waals surface area contributed by atoms with Gasteiger partial charge in [-0.25, -0.2) is 9.97 Å². The van der Waals surface area contributed by atoms with Gasteiger partial charge in [-0.05, 0) is 18.2 Å².